The molecule has 1 heterocycles. The molecule has 1 saturated heterocycles. The van der Waals surface area contributed by atoms with E-state index in [1.807, 2.05) is 12.1 Å². The third-order valence-electron chi connectivity index (χ3n) is 5.64. The van der Waals surface area contributed by atoms with Crippen LogP contribution in [0.3, 0.4) is 0 Å². The number of carbonyl (C=O) groups excluding carboxylic acids is 1. The molecule has 1 amide bonds. The molecular weight excluding hydrogens is 392 g/mol. The van der Waals surface area contributed by atoms with Crippen molar-refractivity contribution in [2.45, 2.75) is 19.4 Å². The van der Waals surface area contributed by atoms with Gasteiger partial charge in [0.25, 0.3) is 0 Å². The number of hydrogen-bond donors (Lipinski definition) is 1. The lowest BCUT2D eigenvalue weighted by Crippen LogP contribution is -2.38. The van der Waals surface area contributed by atoms with Crippen LogP contribution >= 0.6 is 0 Å². The van der Waals surface area contributed by atoms with Gasteiger partial charge in [0.1, 0.15) is 0 Å². The van der Waals surface area contributed by atoms with Gasteiger partial charge in [-0.25, -0.2) is 0 Å². The van der Waals surface area contributed by atoms with Crippen LogP contribution < -0.4 is 19.5 Å². The van der Waals surface area contributed by atoms with Crippen molar-refractivity contribution in [2.24, 2.45) is 5.92 Å². The first kappa shape index (κ1) is 22.7. The third kappa shape index (κ3) is 6.49. The van der Waals surface area contributed by atoms with Crippen LogP contribution in [0.1, 0.15) is 24.0 Å². The van der Waals surface area contributed by atoms with Gasteiger partial charge in [0.2, 0.25) is 11.7 Å². The molecule has 0 radical (unpaired) electrons. The molecule has 0 unspecified atom stereocenters. The van der Waals surface area contributed by atoms with E-state index in [1.165, 1.54) is 5.56 Å². The fourth-order valence-electron chi connectivity index (χ4n) is 3.86. The van der Waals surface area contributed by atoms with E-state index in [4.69, 9.17) is 14.2 Å². The zero-order chi connectivity index (χ0) is 22.1. The van der Waals surface area contributed by atoms with E-state index < -0.39 is 0 Å². The summed E-state index contributed by atoms with van der Waals surface area (Å²) in [5.74, 6) is 2.07. The number of likely N-dealkylation sites (tertiary alicyclic amines) is 1. The van der Waals surface area contributed by atoms with Crippen molar-refractivity contribution >= 4 is 12.0 Å². The maximum absolute atomic E-state index is 12.3. The summed E-state index contributed by atoms with van der Waals surface area (Å²) in [5.41, 5.74) is 2.16. The summed E-state index contributed by atoms with van der Waals surface area (Å²) in [6.45, 7) is 3.84. The van der Waals surface area contributed by atoms with Crippen LogP contribution in [0, 0.1) is 5.92 Å². The normalized spacial score (nSPS) is 15.1. The van der Waals surface area contributed by atoms with E-state index in [9.17, 15) is 4.79 Å². The molecule has 31 heavy (non-hydrogen) atoms. The predicted molar refractivity (Wildman–Crippen MR) is 123 cm³/mol. The Morgan fingerprint density at radius 3 is 2.26 bits per heavy atom. The van der Waals surface area contributed by atoms with Crippen LogP contribution in [0.25, 0.3) is 6.08 Å². The number of carbonyl (C=O) groups is 1. The van der Waals surface area contributed by atoms with E-state index in [0.29, 0.717) is 29.7 Å². The van der Waals surface area contributed by atoms with Crippen LogP contribution in [0.15, 0.2) is 48.5 Å². The van der Waals surface area contributed by atoms with E-state index >= 15 is 0 Å². The Balaban J connectivity index is 1.46. The Labute approximate surface area is 184 Å². The van der Waals surface area contributed by atoms with Gasteiger partial charge in [0.05, 0.1) is 21.3 Å². The molecule has 1 aliphatic heterocycles. The zero-order valence-electron chi connectivity index (χ0n) is 18.6. The molecule has 1 aliphatic rings. The second-order valence-corrected chi connectivity index (χ2v) is 7.74. The smallest absolute Gasteiger partial charge is 0.244 e. The van der Waals surface area contributed by atoms with Crippen LogP contribution in [0.4, 0.5) is 0 Å². The van der Waals surface area contributed by atoms with Gasteiger partial charge in [-0.15, -0.1) is 0 Å². The number of benzene rings is 2. The molecule has 0 saturated carbocycles. The second kappa shape index (κ2) is 11.4. The summed E-state index contributed by atoms with van der Waals surface area (Å²) in [6.07, 6.45) is 5.50. The molecule has 1 N–H and O–H groups in total. The molecule has 2 aromatic carbocycles. The van der Waals surface area contributed by atoms with Crippen molar-refractivity contribution in [2.75, 3.05) is 41.0 Å². The van der Waals surface area contributed by atoms with E-state index in [0.717, 1.165) is 38.0 Å². The number of nitrogens with zero attached hydrogens (tertiary/aromatic N) is 1. The summed E-state index contributed by atoms with van der Waals surface area (Å²) >= 11 is 0. The summed E-state index contributed by atoms with van der Waals surface area (Å²) in [5, 5.41) is 3.04. The first-order valence-electron chi connectivity index (χ1n) is 10.6. The van der Waals surface area contributed by atoms with Crippen LogP contribution in [0.2, 0.25) is 0 Å². The van der Waals surface area contributed by atoms with Crippen molar-refractivity contribution in [3.8, 4) is 17.2 Å². The Bertz CT molecular complexity index is 849. The number of ether oxygens (including phenoxy) is 3. The van der Waals surface area contributed by atoms with E-state index in [2.05, 4.69) is 40.5 Å². The highest BCUT2D eigenvalue weighted by Gasteiger charge is 2.19. The highest BCUT2D eigenvalue weighted by atomic mass is 16.5. The zero-order valence-corrected chi connectivity index (χ0v) is 18.6. The van der Waals surface area contributed by atoms with Gasteiger partial charge in [0, 0.05) is 19.2 Å². The van der Waals surface area contributed by atoms with Crippen molar-refractivity contribution < 1.29 is 19.0 Å². The van der Waals surface area contributed by atoms with Crippen molar-refractivity contribution in [3.63, 3.8) is 0 Å². The number of rotatable bonds is 9. The Kier molecular flexibility index (Phi) is 8.35. The van der Waals surface area contributed by atoms with Gasteiger partial charge >= 0.3 is 0 Å². The lowest BCUT2D eigenvalue weighted by atomic mass is 9.96. The van der Waals surface area contributed by atoms with Gasteiger partial charge in [-0.3, -0.25) is 9.69 Å². The first-order valence-corrected chi connectivity index (χ1v) is 10.6. The SMILES string of the molecule is COc1cc(/C=C/C(=O)NCC2CCN(Cc3ccccc3)CC2)cc(OC)c1OC. The Hall–Kier alpha value is -2.99. The molecule has 0 aromatic heterocycles. The quantitative estimate of drug-likeness (QED) is 0.621. The second-order valence-electron chi connectivity index (χ2n) is 7.74. The summed E-state index contributed by atoms with van der Waals surface area (Å²) in [4.78, 5) is 14.8. The maximum Gasteiger partial charge on any atom is 0.244 e. The number of methoxy groups -OCH3 is 3. The van der Waals surface area contributed by atoms with E-state index in [1.54, 1.807) is 33.5 Å². The van der Waals surface area contributed by atoms with Gasteiger partial charge in [-0.05, 0) is 61.2 Å². The maximum atomic E-state index is 12.3. The molecular formula is C25H32N2O4. The molecule has 1 fully saturated rings. The minimum atomic E-state index is -0.0968. The summed E-state index contributed by atoms with van der Waals surface area (Å²) < 4.78 is 16.0. The number of piperidine rings is 1. The van der Waals surface area contributed by atoms with Crippen molar-refractivity contribution in [3.05, 3.63) is 59.7 Å². The molecule has 0 aliphatic carbocycles. The first-order chi connectivity index (χ1) is 15.1. The van der Waals surface area contributed by atoms with Gasteiger partial charge < -0.3 is 19.5 Å². The lowest BCUT2D eigenvalue weighted by molar-refractivity contribution is -0.116. The summed E-state index contributed by atoms with van der Waals surface area (Å²) in [6, 6.07) is 14.2. The van der Waals surface area contributed by atoms with Crippen LogP contribution in [-0.4, -0.2) is 51.8 Å². The van der Waals surface area contributed by atoms with Gasteiger partial charge in [-0.2, -0.15) is 0 Å². The highest BCUT2D eigenvalue weighted by Crippen LogP contribution is 2.38. The third-order valence-corrected chi connectivity index (χ3v) is 5.64. The number of nitrogens with one attached hydrogen (secondary N) is 1. The monoisotopic (exact) mass is 424 g/mol. The predicted octanol–water partition coefficient (Wildman–Crippen LogP) is 3.75. The van der Waals surface area contributed by atoms with Gasteiger partial charge in [0.15, 0.2) is 11.5 Å². The standard InChI is InChI=1S/C25H32N2O4/c1-29-22-15-21(16-23(30-2)25(22)31-3)9-10-24(28)26-17-19-11-13-27(14-12-19)18-20-7-5-4-6-8-20/h4-10,15-16,19H,11-14,17-18H2,1-3H3,(H,26,28)/b10-9+. The average molecular weight is 425 g/mol. The number of amides is 1. The lowest BCUT2D eigenvalue weighted by Gasteiger charge is -2.32. The molecule has 3 rings (SSSR count). The Morgan fingerprint density at radius 2 is 1.68 bits per heavy atom. The van der Waals surface area contributed by atoms with Crippen molar-refractivity contribution in [1.29, 1.82) is 0 Å². The fourth-order valence-corrected chi connectivity index (χ4v) is 3.86. The largest absolute Gasteiger partial charge is 0.493 e. The molecule has 0 atom stereocenters. The number of hydrogen-bond acceptors (Lipinski definition) is 5. The average Bonchev–Trinajstić information content (AvgIpc) is 2.82. The van der Waals surface area contributed by atoms with Crippen molar-refractivity contribution in [1.82, 2.24) is 10.2 Å². The summed E-state index contributed by atoms with van der Waals surface area (Å²) in [7, 11) is 4.71. The van der Waals surface area contributed by atoms with Crippen LogP contribution in [0.5, 0.6) is 17.2 Å². The van der Waals surface area contributed by atoms with Gasteiger partial charge in [-0.1, -0.05) is 30.3 Å². The highest BCUT2D eigenvalue weighted by molar-refractivity contribution is 5.91. The minimum absolute atomic E-state index is 0.0968. The van der Waals surface area contributed by atoms with Crippen LogP contribution in [-0.2, 0) is 11.3 Å². The topological polar surface area (TPSA) is 60.0 Å². The molecule has 0 bridgehead atoms. The Morgan fingerprint density at radius 1 is 1.03 bits per heavy atom. The molecule has 166 valence electrons. The molecule has 2 aromatic rings. The molecule has 0 spiro atoms. The van der Waals surface area contributed by atoms with E-state index in [-0.39, 0.29) is 5.91 Å². The fraction of sp³-hybridized carbons (Fsp3) is 0.400. The minimum Gasteiger partial charge on any atom is -0.493 e. The molecule has 6 heteroatoms. The molecule has 6 nitrogen and oxygen atoms in total.